The quantitative estimate of drug-likeness (QED) is 0.708. The molecule has 0 aliphatic heterocycles. The summed E-state index contributed by atoms with van der Waals surface area (Å²) in [5.74, 6) is 0.562. The van der Waals surface area contributed by atoms with E-state index in [9.17, 15) is 0 Å². The Kier molecular flexibility index (Phi) is 2.24. The van der Waals surface area contributed by atoms with Crippen LogP contribution < -0.4 is 11.1 Å². The van der Waals surface area contributed by atoms with E-state index in [0.29, 0.717) is 11.6 Å². The summed E-state index contributed by atoms with van der Waals surface area (Å²) in [6.07, 6.45) is 0. The van der Waals surface area contributed by atoms with E-state index in [4.69, 9.17) is 5.73 Å². The van der Waals surface area contributed by atoms with Crippen LogP contribution in [0.15, 0.2) is 18.2 Å². The number of nitrogens with one attached hydrogen (secondary N) is 1. The summed E-state index contributed by atoms with van der Waals surface area (Å²) >= 11 is 0. The predicted octanol–water partition coefficient (Wildman–Crippen LogP) is 0.844. The van der Waals surface area contributed by atoms with Gasteiger partial charge >= 0.3 is 0 Å². The highest BCUT2D eigenvalue weighted by Gasteiger charge is 2.05. The molecule has 0 aliphatic rings. The van der Waals surface area contributed by atoms with Crippen LogP contribution >= 0.6 is 0 Å². The average Bonchev–Trinajstić information content (AvgIpc) is 2.60. The second-order valence-electron chi connectivity index (χ2n) is 3.29. The van der Waals surface area contributed by atoms with Gasteiger partial charge in [-0.3, -0.25) is 0 Å². The number of hydrogen-bond acceptors (Lipinski definition) is 5. The minimum atomic E-state index is 0.562. The van der Waals surface area contributed by atoms with Crippen LogP contribution in [0.3, 0.4) is 0 Å². The summed E-state index contributed by atoms with van der Waals surface area (Å²) < 4.78 is 1.54. The first-order chi connectivity index (χ1) is 7.18. The summed E-state index contributed by atoms with van der Waals surface area (Å²) in [5, 5.41) is 14.1. The van der Waals surface area contributed by atoms with Crippen molar-refractivity contribution in [3.05, 3.63) is 23.8 Å². The third-order valence-electron chi connectivity index (χ3n) is 2.19. The van der Waals surface area contributed by atoms with E-state index in [1.165, 1.54) is 0 Å². The van der Waals surface area contributed by atoms with E-state index in [1.807, 2.05) is 25.1 Å². The van der Waals surface area contributed by atoms with Gasteiger partial charge in [0.25, 0.3) is 0 Å². The van der Waals surface area contributed by atoms with Crippen molar-refractivity contribution in [2.24, 2.45) is 7.05 Å². The van der Waals surface area contributed by atoms with E-state index in [0.717, 1.165) is 11.3 Å². The Balaban J connectivity index is 2.33. The molecule has 0 radical (unpaired) electrons. The summed E-state index contributed by atoms with van der Waals surface area (Å²) in [5.41, 5.74) is 8.45. The first-order valence-electron chi connectivity index (χ1n) is 4.53. The molecule has 3 N–H and O–H groups in total. The molecule has 6 heteroatoms. The summed E-state index contributed by atoms with van der Waals surface area (Å²) in [7, 11) is 1.76. The van der Waals surface area contributed by atoms with E-state index in [2.05, 4.69) is 20.8 Å². The zero-order valence-corrected chi connectivity index (χ0v) is 8.60. The van der Waals surface area contributed by atoms with Crippen LogP contribution in [0.4, 0.5) is 17.3 Å². The zero-order valence-electron chi connectivity index (χ0n) is 8.60. The Labute approximate surface area is 87.1 Å². The van der Waals surface area contributed by atoms with Gasteiger partial charge in [0.15, 0.2) is 0 Å². The molecule has 1 heterocycles. The molecule has 6 nitrogen and oxygen atoms in total. The van der Waals surface area contributed by atoms with Gasteiger partial charge < -0.3 is 11.1 Å². The fraction of sp³-hybridized carbons (Fsp3) is 0.222. The first kappa shape index (κ1) is 9.45. The predicted molar refractivity (Wildman–Crippen MR) is 57.7 cm³/mol. The maximum atomic E-state index is 5.91. The molecule has 1 aromatic heterocycles. The highest BCUT2D eigenvalue weighted by Crippen LogP contribution is 2.23. The number of rotatable bonds is 2. The van der Waals surface area contributed by atoms with Crippen LogP contribution in [0.2, 0.25) is 0 Å². The lowest BCUT2D eigenvalue weighted by Crippen LogP contribution is -2.03. The van der Waals surface area contributed by atoms with Crippen LogP contribution in [-0.4, -0.2) is 20.2 Å². The molecule has 2 aromatic rings. The Morgan fingerprint density at radius 2 is 2.20 bits per heavy atom. The SMILES string of the molecule is Cc1cccc(Nc2nnnn2C)c1N. The highest BCUT2D eigenvalue weighted by atomic mass is 15.6. The van der Waals surface area contributed by atoms with Crippen LogP contribution in [0, 0.1) is 6.92 Å². The van der Waals surface area contributed by atoms with Gasteiger partial charge in [0.2, 0.25) is 5.95 Å². The molecule has 0 spiro atoms. The molecular weight excluding hydrogens is 192 g/mol. The standard InChI is InChI=1S/C9H12N6/c1-6-4-3-5-7(8(6)10)11-9-12-13-14-15(9)2/h3-5H,10H2,1-2H3,(H,11,12,14). The third-order valence-corrected chi connectivity index (χ3v) is 2.19. The lowest BCUT2D eigenvalue weighted by molar-refractivity contribution is 0.715. The third kappa shape index (κ3) is 1.74. The number of nitrogen functional groups attached to an aromatic ring is 1. The van der Waals surface area contributed by atoms with Crippen molar-refractivity contribution in [3.8, 4) is 0 Å². The second-order valence-corrected chi connectivity index (χ2v) is 3.29. The maximum absolute atomic E-state index is 5.91. The zero-order chi connectivity index (χ0) is 10.8. The van der Waals surface area contributed by atoms with Gasteiger partial charge in [0.1, 0.15) is 0 Å². The molecule has 0 aliphatic carbocycles. The van der Waals surface area contributed by atoms with E-state index in [-0.39, 0.29) is 0 Å². The van der Waals surface area contributed by atoms with Gasteiger partial charge in [-0.1, -0.05) is 17.2 Å². The molecule has 0 saturated heterocycles. The molecule has 0 saturated carbocycles. The van der Waals surface area contributed by atoms with Gasteiger partial charge in [0, 0.05) is 7.05 Å². The van der Waals surface area contributed by atoms with Crippen LogP contribution in [-0.2, 0) is 7.05 Å². The number of benzene rings is 1. The van der Waals surface area contributed by atoms with Gasteiger partial charge in [-0.05, 0) is 29.0 Å². The van der Waals surface area contributed by atoms with Gasteiger partial charge in [-0.2, -0.15) is 0 Å². The van der Waals surface area contributed by atoms with E-state index < -0.39 is 0 Å². The molecule has 0 bridgehead atoms. The summed E-state index contributed by atoms with van der Waals surface area (Å²) in [4.78, 5) is 0. The Hall–Kier alpha value is -2.11. The van der Waals surface area contributed by atoms with Gasteiger partial charge in [-0.15, -0.1) is 0 Å². The van der Waals surface area contributed by atoms with Gasteiger partial charge in [0.05, 0.1) is 11.4 Å². The molecule has 0 fully saturated rings. The van der Waals surface area contributed by atoms with Crippen LogP contribution in [0.25, 0.3) is 0 Å². The molecule has 0 unspecified atom stereocenters. The lowest BCUT2D eigenvalue weighted by atomic mass is 10.2. The second kappa shape index (κ2) is 3.56. The lowest BCUT2D eigenvalue weighted by Gasteiger charge is -2.08. The van der Waals surface area contributed by atoms with Crippen molar-refractivity contribution in [3.63, 3.8) is 0 Å². The molecular formula is C9H12N6. The van der Waals surface area contributed by atoms with Crippen molar-refractivity contribution in [1.29, 1.82) is 0 Å². The molecule has 2 rings (SSSR count). The number of para-hydroxylation sites is 1. The fourth-order valence-corrected chi connectivity index (χ4v) is 1.25. The number of aryl methyl sites for hydroxylation is 2. The smallest absolute Gasteiger partial charge is 0.247 e. The summed E-state index contributed by atoms with van der Waals surface area (Å²) in [6, 6.07) is 5.77. The number of hydrogen-bond donors (Lipinski definition) is 2. The van der Waals surface area contributed by atoms with E-state index >= 15 is 0 Å². The van der Waals surface area contributed by atoms with Crippen molar-refractivity contribution in [2.45, 2.75) is 6.92 Å². The van der Waals surface area contributed by atoms with Crippen molar-refractivity contribution >= 4 is 17.3 Å². The normalized spacial score (nSPS) is 10.3. The van der Waals surface area contributed by atoms with Crippen molar-refractivity contribution in [1.82, 2.24) is 20.2 Å². The minimum absolute atomic E-state index is 0.562. The molecule has 1 aromatic carbocycles. The largest absolute Gasteiger partial charge is 0.397 e. The van der Waals surface area contributed by atoms with Crippen LogP contribution in [0.5, 0.6) is 0 Å². The average molecular weight is 204 g/mol. The van der Waals surface area contributed by atoms with Gasteiger partial charge in [-0.25, -0.2) is 4.68 Å². The first-order valence-corrected chi connectivity index (χ1v) is 4.53. The highest BCUT2D eigenvalue weighted by molar-refractivity contribution is 5.72. The molecule has 15 heavy (non-hydrogen) atoms. The van der Waals surface area contributed by atoms with E-state index in [1.54, 1.807) is 11.7 Å². The van der Waals surface area contributed by atoms with Crippen molar-refractivity contribution < 1.29 is 0 Å². The Morgan fingerprint density at radius 3 is 2.87 bits per heavy atom. The Bertz CT molecular complexity index is 475. The monoisotopic (exact) mass is 204 g/mol. The molecule has 0 atom stereocenters. The molecule has 78 valence electrons. The van der Waals surface area contributed by atoms with Crippen molar-refractivity contribution in [2.75, 3.05) is 11.1 Å². The maximum Gasteiger partial charge on any atom is 0.247 e. The Morgan fingerprint density at radius 1 is 1.40 bits per heavy atom. The fourth-order valence-electron chi connectivity index (χ4n) is 1.25. The molecule has 0 amide bonds. The number of nitrogens with zero attached hydrogens (tertiary/aromatic N) is 4. The summed E-state index contributed by atoms with van der Waals surface area (Å²) in [6.45, 7) is 1.95. The number of anilines is 3. The minimum Gasteiger partial charge on any atom is -0.397 e. The topological polar surface area (TPSA) is 81.7 Å². The van der Waals surface area contributed by atoms with Crippen LogP contribution in [0.1, 0.15) is 5.56 Å². The number of tetrazole rings is 1. The number of aromatic nitrogens is 4. The number of nitrogens with two attached hydrogens (primary N) is 1.